The van der Waals surface area contributed by atoms with Crippen molar-refractivity contribution >= 4 is 23.4 Å². The lowest BCUT2D eigenvalue weighted by Crippen LogP contribution is -2.18. The quantitative estimate of drug-likeness (QED) is 0.523. The smallest absolute Gasteiger partial charge is 0.234 e. The van der Waals surface area contributed by atoms with Gasteiger partial charge >= 0.3 is 0 Å². The third-order valence-electron chi connectivity index (χ3n) is 5.08. The van der Waals surface area contributed by atoms with Gasteiger partial charge < -0.3 is 14.8 Å². The number of benzene rings is 2. The topological polar surface area (TPSA) is 102 Å². The predicted octanol–water partition coefficient (Wildman–Crippen LogP) is 3.74. The Hall–Kier alpha value is -3.35. The first-order valence-corrected chi connectivity index (χ1v) is 11.3. The molecule has 0 aliphatic carbocycles. The third kappa shape index (κ3) is 5.28. The molecule has 1 saturated heterocycles. The van der Waals surface area contributed by atoms with Crippen LogP contribution >= 0.6 is 11.8 Å². The van der Waals surface area contributed by atoms with Crippen molar-refractivity contribution in [1.82, 2.24) is 14.8 Å². The minimum atomic E-state index is -0.178. The summed E-state index contributed by atoms with van der Waals surface area (Å²) in [5.74, 6) is 1.49. The number of thioether (sulfide) groups is 1. The second-order valence-electron chi connectivity index (χ2n) is 7.31. The van der Waals surface area contributed by atoms with Crippen molar-refractivity contribution in [3.05, 3.63) is 54.1 Å². The largest absolute Gasteiger partial charge is 0.497 e. The zero-order chi connectivity index (χ0) is 22.3. The summed E-state index contributed by atoms with van der Waals surface area (Å²) in [5.41, 5.74) is 2.01. The number of hydrogen-bond acceptors (Lipinski definition) is 7. The van der Waals surface area contributed by atoms with Gasteiger partial charge in [0, 0.05) is 17.9 Å². The average molecular weight is 450 g/mol. The molecular formula is C23H23N5O3S. The molecule has 1 atom stereocenters. The molecule has 3 aromatic rings. The standard InChI is InChI=1S/C23H23N5O3S/c1-30-19-9-7-17(8-10-19)22-26-27-23(28(22)14-20-6-3-11-31-20)32-15-21(29)25-18-5-2-4-16(12-18)13-24/h2,4-5,7-10,12,20H,3,6,11,14-15H2,1H3,(H,25,29). The van der Waals surface area contributed by atoms with E-state index in [1.54, 1.807) is 31.4 Å². The van der Waals surface area contributed by atoms with Crippen molar-refractivity contribution in [2.75, 3.05) is 24.8 Å². The van der Waals surface area contributed by atoms with E-state index in [4.69, 9.17) is 14.7 Å². The first kappa shape index (κ1) is 21.9. The van der Waals surface area contributed by atoms with Crippen LogP contribution in [0.3, 0.4) is 0 Å². The molecular weight excluding hydrogens is 426 g/mol. The normalized spacial score (nSPS) is 15.3. The van der Waals surface area contributed by atoms with Crippen LogP contribution in [0, 0.1) is 11.3 Å². The fraction of sp³-hybridized carbons (Fsp3) is 0.304. The molecule has 1 amide bonds. The van der Waals surface area contributed by atoms with Crippen LogP contribution in [0.15, 0.2) is 53.7 Å². The minimum Gasteiger partial charge on any atom is -0.497 e. The molecule has 1 N–H and O–H groups in total. The van der Waals surface area contributed by atoms with Gasteiger partial charge in [0.15, 0.2) is 11.0 Å². The number of rotatable bonds is 8. The third-order valence-corrected chi connectivity index (χ3v) is 6.05. The second-order valence-corrected chi connectivity index (χ2v) is 8.25. The highest BCUT2D eigenvalue weighted by Crippen LogP contribution is 2.28. The number of ether oxygens (including phenoxy) is 2. The lowest BCUT2D eigenvalue weighted by Gasteiger charge is -2.15. The van der Waals surface area contributed by atoms with Crippen LogP contribution in [0.4, 0.5) is 5.69 Å². The molecule has 1 aromatic heterocycles. The van der Waals surface area contributed by atoms with Crippen LogP contribution in [0.5, 0.6) is 5.75 Å². The zero-order valence-corrected chi connectivity index (χ0v) is 18.5. The number of hydrogen-bond donors (Lipinski definition) is 1. The number of aromatic nitrogens is 3. The van der Waals surface area contributed by atoms with Gasteiger partial charge in [-0.1, -0.05) is 17.8 Å². The van der Waals surface area contributed by atoms with Crippen LogP contribution in [0.2, 0.25) is 0 Å². The molecule has 1 unspecified atom stereocenters. The first-order chi connectivity index (χ1) is 15.7. The molecule has 0 bridgehead atoms. The van der Waals surface area contributed by atoms with E-state index in [9.17, 15) is 4.79 Å². The van der Waals surface area contributed by atoms with Gasteiger partial charge in [0.05, 0.1) is 37.1 Å². The Morgan fingerprint density at radius 1 is 1.31 bits per heavy atom. The maximum atomic E-state index is 12.5. The fourth-order valence-electron chi connectivity index (χ4n) is 3.50. The minimum absolute atomic E-state index is 0.102. The van der Waals surface area contributed by atoms with E-state index in [1.165, 1.54) is 11.8 Å². The highest BCUT2D eigenvalue weighted by molar-refractivity contribution is 7.99. The molecule has 164 valence electrons. The zero-order valence-electron chi connectivity index (χ0n) is 17.7. The van der Waals surface area contributed by atoms with E-state index in [0.717, 1.165) is 36.6 Å². The van der Waals surface area contributed by atoms with E-state index in [0.29, 0.717) is 23.0 Å². The van der Waals surface area contributed by atoms with Crippen LogP contribution in [0.1, 0.15) is 18.4 Å². The van der Waals surface area contributed by atoms with E-state index >= 15 is 0 Å². The molecule has 1 aliphatic heterocycles. The highest BCUT2D eigenvalue weighted by atomic mass is 32.2. The highest BCUT2D eigenvalue weighted by Gasteiger charge is 2.22. The molecule has 0 radical (unpaired) electrons. The number of amides is 1. The van der Waals surface area contributed by atoms with Crippen LogP contribution in [-0.4, -0.2) is 46.2 Å². The predicted molar refractivity (Wildman–Crippen MR) is 121 cm³/mol. The van der Waals surface area contributed by atoms with Crippen molar-refractivity contribution in [3.8, 4) is 23.2 Å². The average Bonchev–Trinajstić information content (AvgIpc) is 3.48. The first-order valence-electron chi connectivity index (χ1n) is 10.3. The Morgan fingerprint density at radius 3 is 2.88 bits per heavy atom. The Bertz CT molecular complexity index is 1120. The summed E-state index contributed by atoms with van der Waals surface area (Å²) in [6.07, 6.45) is 2.13. The molecule has 1 aliphatic rings. The van der Waals surface area contributed by atoms with Crippen LogP contribution < -0.4 is 10.1 Å². The van der Waals surface area contributed by atoms with Crippen molar-refractivity contribution in [1.29, 1.82) is 5.26 Å². The number of carbonyl (C=O) groups is 1. The summed E-state index contributed by atoms with van der Waals surface area (Å²) in [6.45, 7) is 1.39. The Balaban J connectivity index is 1.49. The summed E-state index contributed by atoms with van der Waals surface area (Å²) in [6, 6.07) is 16.6. The molecule has 4 rings (SSSR count). The summed E-state index contributed by atoms with van der Waals surface area (Å²) >= 11 is 1.32. The second kappa shape index (κ2) is 10.3. The summed E-state index contributed by atoms with van der Waals surface area (Å²) in [4.78, 5) is 12.5. The summed E-state index contributed by atoms with van der Waals surface area (Å²) in [5, 5.41) is 21.2. The maximum Gasteiger partial charge on any atom is 0.234 e. The van der Waals surface area contributed by atoms with Crippen molar-refractivity contribution in [3.63, 3.8) is 0 Å². The molecule has 8 nitrogen and oxygen atoms in total. The van der Waals surface area contributed by atoms with E-state index in [1.807, 2.05) is 28.8 Å². The van der Waals surface area contributed by atoms with Crippen LogP contribution in [-0.2, 0) is 16.1 Å². The lowest BCUT2D eigenvalue weighted by molar-refractivity contribution is -0.113. The van der Waals surface area contributed by atoms with Gasteiger partial charge in [-0.25, -0.2) is 0 Å². The maximum absolute atomic E-state index is 12.5. The molecule has 0 spiro atoms. The SMILES string of the molecule is COc1ccc(-c2nnc(SCC(=O)Nc3cccc(C#N)c3)n2CC2CCCO2)cc1. The number of carbonyl (C=O) groups excluding carboxylic acids is 1. The number of nitrogens with one attached hydrogen (secondary N) is 1. The molecule has 9 heteroatoms. The molecule has 2 heterocycles. The Labute approximate surface area is 190 Å². The van der Waals surface area contributed by atoms with Gasteiger partial charge in [-0.2, -0.15) is 5.26 Å². The van der Waals surface area contributed by atoms with Gasteiger partial charge in [0.2, 0.25) is 5.91 Å². The van der Waals surface area contributed by atoms with Crippen molar-refractivity contribution < 1.29 is 14.3 Å². The van der Waals surface area contributed by atoms with Gasteiger partial charge in [-0.3, -0.25) is 9.36 Å². The van der Waals surface area contributed by atoms with Crippen LogP contribution in [0.25, 0.3) is 11.4 Å². The van der Waals surface area contributed by atoms with E-state index in [-0.39, 0.29) is 17.8 Å². The number of nitriles is 1. The number of methoxy groups -OCH3 is 1. The fourth-order valence-corrected chi connectivity index (χ4v) is 4.25. The Morgan fingerprint density at radius 2 is 2.16 bits per heavy atom. The van der Waals surface area contributed by atoms with E-state index in [2.05, 4.69) is 21.6 Å². The number of anilines is 1. The number of nitrogens with zero attached hydrogens (tertiary/aromatic N) is 4. The molecule has 1 fully saturated rings. The summed E-state index contributed by atoms with van der Waals surface area (Å²) < 4.78 is 13.1. The monoisotopic (exact) mass is 449 g/mol. The molecule has 32 heavy (non-hydrogen) atoms. The van der Waals surface area contributed by atoms with Gasteiger partial charge in [0.25, 0.3) is 0 Å². The van der Waals surface area contributed by atoms with Gasteiger partial charge in [-0.05, 0) is 55.3 Å². The Kier molecular flexibility index (Phi) is 7.04. The summed E-state index contributed by atoms with van der Waals surface area (Å²) in [7, 11) is 1.63. The van der Waals surface area contributed by atoms with Gasteiger partial charge in [0.1, 0.15) is 5.75 Å². The van der Waals surface area contributed by atoms with Crippen molar-refractivity contribution in [2.45, 2.75) is 30.6 Å². The molecule has 0 saturated carbocycles. The molecule has 2 aromatic carbocycles. The van der Waals surface area contributed by atoms with Gasteiger partial charge in [-0.15, -0.1) is 10.2 Å². The lowest BCUT2D eigenvalue weighted by atomic mass is 10.2. The van der Waals surface area contributed by atoms with Crippen molar-refractivity contribution in [2.24, 2.45) is 0 Å². The van der Waals surface area contributed by atoms with E-state index < -0.39 is 0 Å².